The number of nitro groups is 1. The molecule has 0 atom stereocenters. The van der Waals surface area contributed by atoms with Crippen LogP contribution in [-0.4, -0.2) is 17.0 Å². The average Bonchev–Trinajstić information content (AvgIpc) is 2.85. The third kappa shape index (κ3) is 4.66. The Balaban J connectivity index is 1.86. The Morgan fingerprint density at radius 3 is 2.62 bits per heavy atom. The second kappa shape index (κ2) is 6.96. The number of amides is 1. The van der Waals surface area contributed by atoms with Crippen molar-refractivity contribution in [3.8, 4) is 0 Å². The summed E-state index contributed by atoms with van der Waals surface area (Å²) < 4.78 is 0.647. The van der Waals surface area contributed by atoms with E-state index in [0.717, 1.165) is 4.88 Å². The predicted octanol–water partition coefficient (Wildman–Crippen LogP) is 3.00. The van der Waals surface area contributed by atoms with Crippen molar-refractivity contribution in [3.63, 3.8) is 0 Å². The van der Waals surface area contributed by atoms with Gasteiger partial charge in [-0.25, -0.2) is 5.43 Å². The highest BCUT2D eigenvalue weighted by Gasteiger charge is 2.06. The fraction of sp³-hybridized carbons (Fsp3) is 0.0769. The lowest BCUT2D eigenvalue weighted by atomic mass is 10.1. The lowest BCUT2D eigenvalue weighted by Gasteiger charge is -2.00. The van der Waals surface area contributed by atoms with Crippen molar-refractivity contribution in [2.24, 2.45) is 5.10 Å². The van der Waals surface area contributed by atoms with Crippen molar-refractivity contribution >= 4 is 40.7 Å². The summed E-state index contributed by atoms with van der Waals surface area (Å²) in [4.78, 5) is 22.5. The molecule has 108 valence electrons. The molecule has 1 aromatic heterocycles. The summed E-state index contributed by atoms with van der Waals surface area (Å²) in [5, 5.41) is 14.3. The molecule has 21 heavy (non-hydrogen) atoms. The Labute approximate surface area is 129 Å². The Bertz CT molecular complexity index is 682. The summed E-state index contributed by atoms with van der Waals surface area (Å²) in [5.74, 6) is -0.303. The number of nitrogens with one attached hydrogen (secondary N) is 1. The standard InChI is InChI=1S/C13H10ClN3O3S/c14-12-6-5-11(21-12)8-15-16-13(18)7-9-1-3-10(4-2-9)17(19)20/h1-6,8H,7H2,(H,16,18)/b15-8-. The monoisotopic (exact) mass is 323 g/mol. The van der Waals surface area contributed by atoms with Crippen LogP contribution < -0.4 is 5.43 Å². The molecule has 0 saturated heterocycles. The van der Waals surface area contributed by atoms with Gasteiger partial charge in [0, 0.05) is 17.0 Å². The summed E-state index contributed by atoms with van der Waals surface area (Å²) in [6, 6.07) is 9.34. The first-order valence-electron chi connectivity index (χ1n) is 5.85. The Morgan fingerprint density at radius 2 is 2.05 bits per heavy atom. The molecule has 0 aliphatic carbocycles. The summed E-state index contributed by atoms with van der Waals surface area (Å²) in [7, 11) is 0. The van der Waals surface area contributed by atoms with E-state index in [1.807, 2.05) is 0 Å². The smallest absolute Gasteiger partial charge is 0.269 e. The van der Waals surface area contributed by atoms with Gasteiger partial charge in [0.05, 0.1) is 21.9 Å². The van der Waals surface area contributed by atoms with Crippen molar-refractivity contribution < 1.29 is 9.72 Å². The number of nitrogens with zero attached hydrogens (tertiary/aromatic N) is 2. The van der Waals surface area contributed by atoms with E-state index in [1.54, 1.807) is 24.3 Å². The van der Waals surface area contributed by atoms with Crippen LogP contribution >= 0.6 is 22.9 Å². The maximum absolute atomic E-state index is 11.6. The van der Waals surface area contributed by atoms with E-state index < -0.39 is 4.92 Å². The van der Waals surface area contributed by atoms with Gasteiger partial charge in [-0.2, -0.15) is 5.10 Å². The summed E-state index contributed by atoms with van der Waals surface area (Å²) >= 11 is 7.11. The highest BCUT2D eigenvalue weighted by molar-refractivity contribution is 7.17. The number of hydrogen-bond donors (Lipinski definition) is 1. The average molecular weight is 324 g/mol. The minimum absolute atomic E-state index is 0.00764. The van der Waals surface area contributed by atoms with E-state index in [2.05, 4.69) is 10.5 Å². The minimum Gasteiger partial charge on any atom is -0.273 e. The van der Waals surface area contributed by atoms with Gasteiger partial charge in [-0.1, -0.05) is 23.7 Å². The molecular formula is C13H10ClN3O3S. The minimum atomic E-state index is -0.486. The maximum atomic E-state index is 11.6. The number of nitro benzene ring substituents is 1. The van der Waals surface area contributed by atoms with E-state index in [0.29, 0.717) is 9.90 Å². The van der Waals surface area contributed by atoms with Crippen LogP contribution in [0.5, 0.6) is 0 Å². The molecule has 0 aliphatic rings. The second-order valence-electron chi connectivity index (χ2n) is 4.04. The Morgan fingerprint density at radius 1 is 1.33 bits per heavy atom. The van der Waals surface area contributed by atoms with Crippen LogP contribution in [0.4, 0.5) is 5.69 Å². The normalized spacial score (nSPS) is 10.7. The number of non-ortho nitro benzene ring substituents is 1. The zero-order valence-corrected chi connectivity index (χ0v) is 12.2. The van der Waals surface area contributed by atoms with Gasteiger partial charge in [0.2, 0.25) is 5.91 Å². The molecule has 1 N–H and O–H groups in total. The van der Waals surface area contributed by atoms with Crippen molar-refractivity contribution in [1.29, 1.82) is 0 Å². The summed E-state index contributed by atoms with van der Waals surface area (Å²) in [6.45, 7) is 0. The number of carbonyl (C=O) groups excluding carboxylic acids is 1. The van der Waals surface area contributed by atoms with Crippen LogP contribution in [-0.2, 0) is 11.2 Å². The number of halogens is 1. The lowest BCUT2D eigenvalue weighted by molar-refractivity contribution is -0.384. The molecule has 1 amide bonds. The highest BCUT2D eigenvalue weighted by Crippen LogP contribution is 2.19. The maximum Gasteiger partial charge on any atom is 0.269 e. The van der Waals surface area contributed by atoms with Crippen LogP contribution in [0.25, 0.3) is 0 Å². The molecule has 2 rings (SSSR count). The SMILES string of the molecule is O=C(Cc1ccc([N+](=O)[O-])cc1)N/N=C\c1ccc(Cl)s1. The molecule has 0 fully saturated rings. The molecule has 0 saturated carbocycles. The van der Waals surface area contributed by atoms with E-state index >= 15 is 0 Å². The van der Waals surface area contributed by atoms with E-state index in [-0.39, 0.29) is 18.0 Å². The molecule has 0 radical (unpaired) electrons. The van der Waals surface area contributed by atoms with Crippen molar-refractivity contribution in [3.05, 3.63) is 61.3 Å². The van der Waals surface area contributed by atoms with Gasteiger partial charge in [0.1, 0.15) is 0 Å². The molecule has 1 heterocycles. The van der Waals surface area contributed by atoms with Crippen LogP contribution in [0.3, 0.4) is 0 Å². The first-order chi connectivity index (χ1) is 10.0. The first-order valence-corrected chi connectivity index (χ1v) is 7.04. The topological polar surface area (TPSA) is 84.6 Å². The second-order valence-corrected chi connectivity index (χ2v) is 5.78. The van der Waals surface area contributed by atoms with Gasteiger partial charge >= 0.3 is 0 Å². The molecule has 0 aliphatic heterocycles. The zero-order valence-electron chi connectivity index (χ0n) is 10.7. The molecule has 1 aromatic carbocycles. The zero-order chi connectivity index (χ0) is 15.2. The number of carbonyl (C=O) groups is 1. The molecule has 8 heteroatoms. The quantitative estimate of drug-likeness (QED) is 0.521. The molecule has 0 spiro atoms. The fourth-order valence-corrected chi connectivity index (χ4v) is 2.46. The molecular weight excluding hydrogens is 314 g/mol. The third-order valence-corrected chi connectivity index (χ3v) is 3.65. The molecule has 0 unspecified atom stereocenters. The lowest BCUT2D eigenvalue weighted by Crippen LogP contribution is -2.19. The fourth-order valence-electron chi connectivity index (χ4n) is 1.53. The highest BCUT2D eigenvalue weighted by atomic mass is 35.5. The van der Waals surface area contributed by atoms with Gasteiger partial charge in [0.15, 0.2) is 0 Å². The summed E-state index contributed by atoms with van der Waals surface area (Å²) in [5.41, 5.74) is 3.05. The van der Waals surface area contributed by atoms with Crippen LogP contribution in [0.2, 0.25) is 4.34 Å². The van der Waals surface area contributed by atoms with Crippen molar-refractivity contribution in [2.75, 3.05) is 0 Å². The van der Waals surface area contributed by atoms with Gasteiger partial charge in [-0.15, -0.1) is 11.3 Å². The largest absolute Gasteiger partial charge is 0.273 e. The number of hydrogen-bond acceptors (Lipinski definition) is 5. The number of thiophene rings is 1. The molecule has 6 nitrogen and oxygen atoms in total. The molecule has 0 bridgehead atoms. The van der Waals surface area contributed by atoms with Crippen LogP contribution in [0.1, 0.15) is 10.4 Å². The van der Waals surface area contributed by atoms with E-state index in [4.69, 9.17) is 11.6 Å². The predicted molar refractivity (Wildman–Crippen MR) is 81.9 cm³/mol. The van der Waals surface area contributed by atoms with Gasteiger partial charge in [-0.3, -0.25) is 14.9 Å². The van der Waals surface area contributed by atoms with E-state index in [9.17, 15) is 14.9 Å². The third-order valence-electron chi connectivity index (χ3n) is 2.49. The Kier molecular flexibility index (Phi) is 5.02. The van der Waals surface area contributed by atoms with Gasteiger partial charge < -0.3 is 0 Å². The number of benzene rings is 1. The summed E-state index contributed by atoms with van der Waals surface area (Å²) in [6.07, 6.45) is 1.60. The van der Waals surface area contributed by atoms with E-state index in [1.165, 1.54) is 29.7 Å². The van der Waals surface area contributed by atoms with Gasteiger partial charge in [-0.05, 0) is 17.7 Å². The van der Waals surface area contributed by atoms with Crippen molar-refractivity contribution in [1.82, 2.24) is 5.43 Å². The number of hydrazone groups is 1. The van der Waals surface area contributed by atoms with Crippen molar-refractivity contribution in [2.45, 2.75) is 6.42 Å². The van der Waals surface area contributed by atoms with Gasteiger partial charge in [0.25, 0.3) is 5.69 Å². The number of rotatable bonds is 5. The van der Waals surface area contributed by atoms with Crippen LogP contribution in [0, 0.1) is 10.1 Å². The first kappa shape index (κ1) is 15.1. The van der Waals surface area contributed by atoms with Crippen LogP contribution in [0.15, 0.2) is 41.5 Å². The Hall–Kier alpha value is -2.25. The molecule has 2 aromatic rings.